The van der Waals surface area contributed by atoms with Gasteiger partial charge in [0, 0.05) is 0 Å². The highest BCUT2D eigenvalue weighted by molar-refractivity contribution is 7.60. The lowest BCUT2D eigenvalue weighted by molar-refractivity contribution is -0.0680. The molecule has 0 aliphatic carbocycles. The zero-order valence-electron chi connectivity index (χ0n) is 13.3. The number of aliphatic hydroxyl groups excluding tert-OH is 2. The van der Waals surface area contributed by atoms with Crippen LogP contribution in [0.3, 0.4) is 0 Å². The number of aliphatic hydroxyl groups is 2. The Morgan fingerprint density at radius 3 is 2.70 bits per heavy atom. The molecule has 0 amide bonds. The Hall–Kier alpha value is -1.47. The van der Waals surface area contributed by atoms with E-state index in [2.05, 4.69) is 23.5 Å². The Labute approximate surface area is 151 Å². The molecule has 0 radical (unpaired) electrons. The van der Waals surface area contributed by atoms with Gasteiger partial charge in [-0.05, 0) is 0 Å². The van der Waals surface area contributed by atoms with Crippen molar-refractivity contribution in [3.63, 3.8) is 0 Å². The van der Waals surface area contributed by atoms with Gasteiger partial charge in [0.15, 0.2) is 6.23 Å². The predicted molar refractivity (Wildman–Crippen MR) is 88.5 cm³/mol. The van der Waals surface area contributed by atoms with Crippen LogP contribution in [0.2, 0.25) is 0 Å². The quantitative estimate of drug-likeness (QED) is 0.177. The second-order valence-corrected chi connectivity index (χ2v) is 8.41. The van der Waals surface area contributed by atoms with Crippen molar-refractivity contribution in [2.24, 2.45) is 15.7 Å². The summed E-state index contributed by atoms with van der Waals surface area (Å²) in [5.41, 5.74) is 5.98. The molecule has 1 unspecified atom stereocenters. The fourth-order valence-electron chi connectivity index (χ4n) is 2.61. The zero-order valence-corrected chi connectivity index (χ0v) is 15.1. The van der Waals surface area contributed by atoms with Crippen LogP contribution >= 0.6 is 15.6 Å². The second kappa shape index (κ2) is 7.17. The molecule has 27 heavy (non-hydrogen) atoms. The third kappa shape index (κ3) is 4.35. The zero-order chi connectivity index (χ0) is 20.0. The normalized spacial score (nSPS) is 32.6. The first-order valence-electron chi connectivity index (χ1n) is 7.29. The van der Waals surface area contributed by atoms with Gasteiger partial charge in [-0.1, -0.05) is 4.99 Å². The summed E-state index contributed by atoms with van der Waals surface area (Å²) < 4.78 is 39.4. The fourth-order valence-corrected chi connectivity index (χ4v) is 4.21. The van der Waals surface area contributed by atoms with Gasteiger partial charge in [0.25, 0.3) is 0 Å². The van der Waals surface area contributed by atoms with E-state index in [-0.39, 0.29) is 24.1 Å². The van der Waals surface area contributed by atoms with Crippen molar-refractivity contribution in [2.45, 2.75) is 24.5 Å². The summed E-state index contributed by atoms with van der Waals surface area (Å²) >= 11 is 0. The van der Waals surface area contributed by atoms with Crippen LogP contribution in [0, 0.1) is 0 Å². The van der Waals surface area contributed by atoms with Gasteiger partial charge in [0.05, 0.1) is 6.61 Å². The molecule has 0 aromatic heterocycles. The third-order valence-corrected chi connectivity index (χ3v) is 5.89. The molecule has 0 aromatic rings. The van der Waals surface area contributed by atoms with Crippen LogP contribution in [0.1, 0.15) is 0 Å². The van der Waals surface area contributed by atoms with E-state index in [0.29, 0.717) is 0 Å². The van der Waals surface area contributed by atoms with Gasteiger partial charge in [-0.3, -0.25) is 14.4 Å². The maximum absolute atomic E-state index is 11.5. The van der Waals surface area contributed by atoms with Gasteiger partial charge in [0.1, 0.15) is 25.0 Å². The van der Waals surface area contributed by atoms with Gasteiger partial charge in [-0.15, -0.1) is 0 Å². The molecule has 0 saturated carbocycles. The number of ether oxygens (including phenoxy) is 1. The molecule has 0 aromatic carbocycles. The molecule has 3 heterocycles. The number of nitrogens with two attached hydrogens (primary N) is 1. The second-order valence-electron chi connectivity index (χ2n) is 5.58. The topological polar surface area (TPSA) is 231 Å². The largest absolute Gasteiger partial charge is 0.481 e. The highest BCUT2D eigenvalue weighted by Gasteiger charge is 2.50. The summed E-state index contributed by atoms with van der Waals surface area (Å²) in [5.74, 6) is 0.379. The predicted octanol–water partition coefficient (Wildman–Crippen LogP) is -3.76. The maximum Gasteiger partial charge on any atom is 0.481 e. The standard InChI is InChI=1S/C10H15N5O10P2/c11-8-5-9(13-2-12-8)15(3-14-5)10-7(17)6(16)4(24-10)1-23-27(21,22)25-26(18,19)20/h2,4,6-7,10-11,16-17H,1,3H2,(H3,18,19,20,21,22)/p+1/t4-,6-,7-,10-/m1/s1. The number of fused-ring (bicyclic) bond motifs is 1. The monoisotopic (exact) mass is 428 g/mol. The number of hydrogen-bond acceptors (Lipinski definition) is 11. The van der Waals surface area contributed by atoms with Crippen LogP contribution in [0.25, 0.3) is 0 Å². The van der Waals surface area contributed by atoms with Gasteiger partial charge in [0.2, 0.25) is 11.5 Å². The molecule has 15 nitrogen and oxygen atoms in total. The minimum atomic E-state index is -5.28. The molecular weight excluding hydrogens is 412 g/mol. The Balaban J connectivity index is 1.65. The summed E-state index contributed by atoms with van der Waals surface area (Å²) in [6.07, 6.45) is -4.30. The van der Waals surface area contributed by atoms with Crippen LogP contribution in [-0.4, -0.2) is 91.3 Å². The molecule has 0 spiro atoms. The van der Waals surface area contributed by atoms with Crippen LogP contribution < -0.4 is 10.4 Å². The molecule has 17 heteroatoms. The fraction of sp³-hybridized carbons (Fsp3) is 0.600. The number of amidine groups is 2. The van der Waals surface area contributed by atoms with E-state index in [9.17, 15) is 24.2 Å². The van der Waals surface area contributed by atoms with Gasteiger partial charge >= 0.3 is 27.8 Å². The van der Waals surface area contributed by atoms with E-state index < -0.39 is 46.8 Å². The number of nitrogens with zero attached hydrogens (tertiary/aromatic N) is 4. The average molecular weight is 428 g/mol. The molecule has 150 valence electrons. The Bertz CT molecular complexity index is 847. The summed E-state index contributed by atoms with van der Waals surface area (Å²) in [6, 6.07) is 0. The van der Waals surface area contributed by atoms with E-state index in [1.165, 1.54) is 11.2 Å². The lowest BCUT2D eigenvalue weighted by Crippen LogP contribution is -2.49. The Morgan fingerprint density at radius 2 is 2.04 bits per heavy atom. The van der Waals surface area contributed by atoms with Crippen LogP contribution in [0.5, 0.6) is 0 Å². The molecule has 3 rings (SSSR count). The summed E-state index contributed by atoms with van der Waals surface area (Å²) in [4.78, 5) is 35.9. The minimum Gasteiger partial charge on any atom is -0.387 e. The molecule has 1 fully saturated rings. The maximum atomic E-state index is 11.5. The molecule has 1 saturated heterocycles. The number of rotatable bonds is 6. The summed E-state index contributed by atoms with van der Waals surface area (Å²) in [5, 5.41) is 20.3. The van der Waals surface area contributed by atoms with Crippen molar-refractivity contribution in [2.75, 3.05) is 13.3 Å². The van der Waals surface area contributed by atoms with Crippen molar-refractivity contribution in [3.8, 4) is 0 Å². The van der Waals surface area contributed by atoms with E-state index in [1.807, 2.05) is 0 Å². The number of phosphoric ester groups is 1. The van der Waals surface area contributed by atoms with Crippen molar-refractivity contribution in [1.82, 2.24) is 9.57 Å². The van der Waals surface area contributed by atoms with Crippen molar-refractivity contribution in [1.29, 1.82) is 0 Å². The van der Waals surface area contributed by atoms with Crippen molar-refractivity contribution in [3.05, 3.63) is 0 Å². The first-order chi connectivity index (χ1) is 12.5. The first kappa shape index (κ1) is 20.3. The van der Waals surface area contributed by atoms with Gasteiger partial charge < -0.3 is 35.4 Å². The first-order valence-corrected chi connectivity index (χ1v) is 10.3. The van der Waals surface area contributed by atoms with E-state index in [1.54, 1.807) is 0 Å². The molecule has 3 aliphatic rings. The molecule has 7 N–H and O–H groups in total. The highest BCUT2D eigenvalue weighted by Crippen LogP contribution is 2.57. The SMILES string of the molecule is NC1=[N+]=CN=C2C1=NCN2[C@@H]1O[C@H](COP(=O)(O)OP(=O)(O)O)[C@@H](O)[C@H]1O. The van der Waals surface area contributed by atoms with E-state index >= 15 is 0 Å². The molecule has 5 atom stereocenters. The average Bonchev–Trinajstić information content (AvgIpc) is 3.07. The minimum absolute atomic E-state index is 0.0000608. The lowest BCUT2D eigenvalue weighted by Gasteiger charge is -2.25. The van der Waals surface area contributed by atoms with Gasteiger partial charge in [-0.2, -0.15) is 4.31 Å². The number of phosphoric acid groups is 2. The third-order valence-electron chi connectivity index (χ3n) is 3.74. The van der Waals surface area contributed by atoms with Crippen LogP contribution in [0.4, 0.5) is 0 Å². The van der Waals surface area contributed by atoms with Gasteiger partial charge in [-0.25, -0.2) is 13.8 Å². The summed E-state index contributed by atoms with van der Waals surface area (Å²) in [6.45, 7) is -0.799. The van der Waals surface area contributed by atoms with Crippen LogP contribution in [0.15, 0.2) is 9.98 Å². The molecule has 0 bridgehead atoms. The molecule has 3 aliphatic heterocycles. The smallest absolute Gasteiger partial charge is 0.387 e. The van der Waals surface area contributed by atoms with Crippen LogP contribution in [-0.2, 0) is 22.7 Å². The van der Waals surface area contributed by atoms with Crippen molar-refractivity contribution < 1.29 is 47.6 Å². The van der Waals surface area contributed by atoms with Crippen molar-refractivity contribution >= 4 is 39.4 Å². The number of aliphatic imine (C=N–C) groups is 2. The van der Waals surface area contributed by atoms with E-state index in [4.69, 9.17) is 20.3 Å². The van der Waals surface area contributed by atoms with E-state index in [0.717, 1.165) is 0 Å². The number of hydrogen-bond donors (Lipinski definition) is 6. The highest BCUT2D eigenvalue weighted by atomic mass is 31.3. The summed E-state index contributed by atoms with van der Waals surface area (Å²) in [7, 11) is -10.4. The molecular formula is C10H16N5O10P2+. The lowest BCUT2D eigenvalue weighted by atomic mass is 10.1. The Kier molecular flexibility index (Phi) is 5.38. The Morgan fingerprint density at radius 1 is 1.33 bits per heavy atom.